The second-order valence-electron chi connectivity index (χ2n) is 4.61. The number of rotatable bonds is 5. The first kappa shape index (κ1) is 14.9. The highest BCUT2D eigenvalue weighted by molar-refractivity contribution is 6.45. The fourth-order valence-corrected chi connectivity index (χ4v) is 2.08. The zero-order valence-electron chi connectivity index (χ0n) is 12.6. The molecule has 1 heterocycles. The topological polar surface area (TPSA) is 61.6 Å². The quantitative estimate of drug-likeness (QED) is 0.628. The Morgan fingerprint density at radius 2 is 1.83 bits per heavy atom. The van der Waals surface area contributed by atoms with Gasteiger partial charge in [-0.15, -0.1) is 0 Å². The van der Waals surface area contributed by atoms with Crippen molar-refractivity contribution in [1.82, 2.24) is 0 Å². The van der Waals surface area contributed by atoms with Crippen LogP contribution in [0.4, 0.5) is 0 Å². The number of ether oxygens (including phenoxy) is 2. The summed E-state index contributed by atoms with van der Waals surface area (Å²) in [5, 5.41) is 7.92. The van der Waals surface area contributed by atoms with Crippen LogP contribution in [-0.2, 0) is 14.4 Å². The Kier molecular flexibility index (Phi) is 4.73. The van der Waals surface area contributed by atoms with Crippen molar-refractivity contribution in [1.29, 1.82) is 0 Å². The van der Waals surface area contributed by atoms with Gasteiger partial charge in [0.1, 0.15) is 25.2 Å². The van der Waals surface area contributed by atoms with Crippen molar-refractivity contribution in [3.8, 4) is 11.5 Å². The summed E-state index contributed by atoms with van der Waals surface area (Å²) >= 11 is 0. The molecule has 23 heavy (non-hydrogen) atoms. The van der Waals surface area contributed by atoms with E-state index < -0.39 is 0 Å². The Bertz CT molecular complexity index is 714. The number of hydrogen-bond donors (Lipinski definition) is 0. The molecule has 6 heteroatoms. The Morgan fingerprint density at radius 1 is 1.04 bits per heavy atom. The van der Waals surface area contributed by atoms with E-state index in [4.69, 9.17) is 19.1 Å². The maximum absolute atomic E-state index is 5.94. The molecule has 0 aromatic heterocycles. The molecule has 3 rings (SSSR count). The number of benzene rings is 2. The van der Waals surface area contributed by atoms with Crippen LogP contribution >= 0.6 is 0 Å². The second-order valence-corrected chi connectivity index (χ2v) is 4.61. The highest BCUT2D eigenvalue weighted by Crippen LogP contribution is 2.26. The lowest BCUT2D eigenvalue weighted by molar-refractivity contribution is 0.0672. The molecule has 0 fully saturated rings. The van der Waals surface area contributed by atoms with Gasteiger partial charge in [0.2, 0.25) is 0 Å². The van der Waals surface area contributed by atoms with E-state index >= 15 is 0 Å². The van der Waals surface area contributed by atoms with Crippen molar-refractivity contribution in [3.05, 3.63) is 60.2 Å². The molecule has 0 spiro atoms. The summed E-state index contributed by atoms with van der Waals surface area (Å²) in [6.45, 7) is 0.815. The Labute approximate surface area is 133 Å². The minimum absolute atomic E-state index is 0.266. The molecule has 0 N–H and O–H groups in total. The van der Waals surface area contributed by atoms with E-state index in [-0.39, 0.29) is 5.90 Å². The maximum atomic E-state index is 5.94. The number of hydrogen-bond acceptors (Lipinski definition) is 6. The van der Waals surface area contributed by atoms with Gasteiger partial charge in [0.05, 0.1) is 5.56 Å². The smallest absolute Gasteiger partial charge is 0.280 e. The van der Waals surface area contributed by atoms with E-state index in [0.29, 0.717) is 30.2 Å². The van der Waals surface area contributed by atoms with E-state index in [1.54, 1.807) is 0 Å². The molecule has 0 aliphatic carbocycles. The lowest BCUT2D eigenvalue weighted by Crippen LogP contribution is -2.25. The fraction of sp³-hybridized carbons (Fsp3) is 0.176. The van der Waals surface area contributed by atoms with E-state index in [0.717, 1.165) is 5.75 Å². The van der Waals surface area contributed by atoms with Crippen LogP contribution in [-0.4, -0.2) is 31.9 Å². The van der Waals surface area contributed by atoms with Crippen LogP contribution in [0.25, 0.3) is 0 Å². The summed E-state index contributed by atoms with van der Waals surface area (Å²) in [5.74, 6) is 1.60. The molecule has 2 aromatic carbocycles. The van der Waals surface area contributed by atoms with Crippen molar-refractivity contribution in [2.24, 2.45) is 10.3 Å². The van der Waals surface area contributed by atoms with Gasteiger partial charge in [0.15, 0.2) is 12.3 Å². The van der Waals surface area contributed by atoms with Crippen molar-refractivity contribution in [2.75, 3.05) is 20.3 Å². The molecule has 2 aromatic rings. The SMILES string of the molecule is CO/N=C(\C1=NOCCO1)c1ccccc1Oc1ccccc1. The van der Waals surface area contributed by atoms with Crippen molar-refractivity contribution in [3.63, 3.8) is 0 Å². The molecule has 1 aliphatic heterocycles. The zero-order chi connectivity index (χ0) is 15.9. The molecule has 0 bridgehead atoms. The van der Waals surface area contributed by atoms with Gasteiger partial charge in [0, 0.05) is 0 Å². The molecule has 0 saturated heterocycles. The molecular formula is C17H16N2O4. The third kappa shape index (κ3) is 3.60. The Hall–Kier alpha value is -3.02. The van der Waals surface area contributed by atoms with Crippen LogP contribution in [0.1, 0.15) is 5.56 Å². The molecule has 0 atom stereocenters. The molecule has 6 nitrogen and oxygen atoms in total. The van der Waals surface area contributed by atoms with Crippen molar-refractivity contribution < 1.29 is 19.1 Å². The molecule has 118 valence electrons. The molecule has 0 saturated carbocycles. The largest absolute Gasteiger partial charge is 0.470 e. The predicted octanol–water partition coefficient (Wildman–Crippen LogP) is 3.19. The number of nitrogens with zero attached hydrogens (tertiary/aromatic N) is 2. The van der Waals surface area contributed by atoms with E-state index in [9.17, 15) is 0 Å². The highest BCUT2D eigenvalue weighted by atomic mass is 16.7. The third-order valence-electron chi connectivity index (χ3n) is 3.06. The van der Waals surface area contributed by atoms with E-state index in [1.807, 2.05) is 54.6 Å². The number of para-hydroxylation sites is 2. The summed E-state index contributed by atoms with van der Waals surface area (Å²) in [7, 11) is 1.46. The fourth-order valence-electron chi connectivity index (χ4n) is 2.08. The van der Waals surface area contributed by atoms with Gasteiger partial charge in [-0.2, -0.15) is 0 Å². The van der Waals surface area contributed by atoms with Gasteiger partial charge in [-0.25, -0.2) is 0 Å². The normalized spacial score (nSPS) is 14.3. The first-order chi connectivity index (χ1) is 11.4. The van der Waals surface area contributed by atoms with Gasteiger partial charge >= 0.3 is 0 Å². The first-order valence-electron chi connectivity index (χ1n) is 7.15. The third-order valence-corrected chi connectivity index (χ3v) is 3.06. The lowest BCUT2D eigenvalue weighted by Gasteiger charge is -2.16. The van der Waals surface area contributed by atoms with Crippen LogP contribution in [0.2, 0.25) is 0 Å². The highest BCUT2D eigenvalue weighted by Gasteiger charge is 2.22. The summed E-state index contributed by atoms with van der Waals surface area (Å²) in [6, 6.07) is 17.0. The van der Waals surface area contributed by atoms with Gasteiger partial charge in [0.25, 0.3) is 5.90 Å². The van der Waals surface area contributed by atoms with Crippen LogP contribution in [0.5, 0.6) is 11.5 Å². The minimum atomic E-state index is 0.266. The summed E-state index contributed by atoms with van der Waals surface area (Å²) in [4.78, 5) is 10.0. The standard InChI is InChI=1S/C17H16N2O4/c1-20-18-16(17-19-22-12-11-21-17)14-9-5-6-10-15(14)23-13-7-3-2-4-8-13/h2-10H,11-12H2,1H3/b18-16-. The van der Waals surface area contributed by atoms with E-state index in [2.05, 4.69) is 10.3 Å². The van der Waals surface area contributed by atoms with E-state index in [1.165, 1.54) is 7.11 Å². The molecule has 0 radical (unpaired) electrons. The Balaban J connectivity index is 1.97. The Morgan fingerprint density at radius 3 is 2.57 bits per heavy atom. The average Bonchev–Trinajstić information content (AvgIpc) is 2.62. The summed E-state index contributed by atoms with van der Waals surface area (Å²) in [6.07, 6.45) is 0. The maximum Gasteiger partial charge on any atom is 0.280 e. The first-order valence-corrected chi connectivity index (χ1v) is 7.15. The zero-order valence-corrected chi connectivity index (χ0v) is 12.6. The van der Waals surface area contributed by atoms with Crippen LogP contribution < -0.4 is 4.74 Å². The van der Waals surface area contributed by atoms with Crippen LogP contribution in [0, 0.1) is 0 Å². The van der Waals surface area contributed by atoms with Gasteiger partial charge in [-0.05, 0) is 29.4 Å². The molecule has 0 amide bonds. The van der Waals surface area contributed by atoms with Crippen LogP contribution in [0.3, 0.4) is 0 Å². The molecular weight excluding hydrogens is 296 g/mol. The lowest BCUT2D eigenvalue weighted by atomic mass is 10.1. The number of oxime groups is 2. The predicted molar refractivity (Wildman–Crippen MR) is 85.8 cm³/mol. The monoisotopic (exact) mass is 312 g/mol. The minimum Gasteiger partial charge on any atom is -0.470 e. The van der Waals surface area contributed by atoms with Gasteiger partial charge < -0.3 is 19.1 Å². The molecule has 0 unspecified atom stereocenters. The van der Waals surface area contributed by atoms with Crippen LogP contribution in [0.15, 0.2) is 64.9 Å². The van der Waals surface area contributed by atoms with Crippen molar-refractivity contribution in [2.45, 2.75) is 0 Å². The summed E-state index contributed by atoms with van der Waals surface area (Å²) in [5.41, 5.74) is 1.11. The van der Waals surface area contributed by atoms with Gasteiger partial charge in [-0.3, -0.25) is 0 Å². The second kappa shape index (κ2) is 7.31. The van der Waals surface area contributed by atoms with Crippen molar-refractivity contribution >= 4 is 11.6 Å². The molecule has 1 aliphatic rings. The van der Waals surface area contributed by atoms with Gasteiger partial charge in [-0.1, -0.05) is 35.5 Å². The average molecular weight is 312 g/mol. The summed E-state index contributed by atoms with van der Waals surface area (Å²) < 4.78 is 11.5.